The molecule has 0 saturated carbocycles. The van der Waals surface area contributed by atoms with Crippen LogP contribution in [0.5, 0.6) is 0 Å². The molecule has 1 fully saturated rings. The van der Waals surface area contributed by atoms with Crippen molar-refractivity contribution in [3.63, 3.8) is 0 Å². The zero-order chi connectivity index (χ0) is 28.5. The third-order valence-electron chi connectivity index (χ3n) is 7.52. The first-order valence-corrected chi connectivity index (χ1v) is 14.3. The van der Waals surface area contributed by atoms with Crippen molar-refractivity contribution >= 4 is 29.3 Å². The lowest BCUT2D eigenvalue weighted by atomic mass is 9.91. The van der Waals surface area contributed by atoms with Crippen molar-refractivity contribution in [2.24, 2.45) is 5.92 Å². The van der Waals surface area contributed by atoms with Crippen LogP contribution < -0.4 is 9.63 Å². The molecule has 3 heterocycles. The summed E-state index contributed by atoms with van der Waals surface area (Å²) in [6.07, 6.45) is 0.196. The molecule has 1 N–H and O–H groups in total. The van der Waals surface area contributed by atoms with Gasteiger partial charge in [0.1, 0.15) is 0 Å². The van der Waals surface area contributed by atoms with Crippen LogP contribution in [0.1, 0.15) is 56.7 Å². The summed E-state index contributed by atoms with van der Waals surface area (Å²) >= 11 is 1.43. The summed E-state index contributed by atoms with van der Waals surface area (Å²) in [5.41, 5.74) is 3.76. The molecule has 0 spiro atoms. The number of carbonyl (C=O) groups excluding carboxylic acids is 2. The van der Waals surface area contributed by atoms with Crippen LogP contribution in [0, 0.1) is 11.1 Å². The summed E-state index contributed by atoms with van der Waals surface area (Å²) in [7, 11) is 0. The Morgan fingerprint density at radius 1 is 0.854 bits per heavy atom. The van der Waals surface area contributed by atoms with Crippen molar-refractivity contribution in [3.05, 3.63) is 130 Å². The van der Waals surface area contributed by atoms with Gasteiger partial charge in [-0.05, 0) is 41.5 Å². The average Bonchev–Trinajstić information content (AvgIpc) is 3.27. The minimum Gasteiger partial charge on any atom is -0.618 e. The van der Waals surface area contributed by atoms with Gasteiger partial charge in [0.05, 0.1) is 35.6 Å². The van der Waals surface area contributed by atoms with Gasteiger partial charge in [0.2, 0.25) is 0 Å². The number of imide groups is 1. The second kappa shape index (κ2) is 11.5. The Morgan fingerprint density at radius 3 is 2.12 bits per heavy atom. The van der Waals surface area contributed by atoms with Gasteiger partial charge in [0.25, 0.3) is 16.8 Å². The molecule has 0 unspecified atom stereocenters. The van der Waals surface area contributed by atoms with Crippen molar-refractivity contribution in [2.45, 2.75) is 37.1 Å². The summed E-state index contributed by atoms with van der Waals surface area (Å²) < 4.78 is 13.8. The number of ether oxygens (including phenoxy) is 2. The number of aliphatic hydroxyl groups is 1. The van der Waals surface area contributed by atoms with E-state index in [2.05, 4.69) is 6.92 Å². The Kier molecular flexibility index (Phi) is 7.59. The van der Waals surface area contributed by atoms with E-state index < -0.39 is 6.29 Å². The van der Waals surface area contributed by atoms with Crippen LogP contribution in [0.25, 0.3) is 0 Å². The molecule has 208 valence electrons. The molecular weight excluding hydrogens is 540 g/mol. The van der Waals surface area contributed by atoms with Gasteiger partial charge in [-0.15, -0.1) is 0 Å². The van der Waals surface area contributed by atoms with Crippen molar-refractivity contribution in [2.75, 3.05) is 10.7 Å². The van der Waals surface area contributed by atoms with Crippen molar-refractivity contribution in [1.29, 1.82) is 0 Å². The van der Waals surface area contributed by atoms with Crippen LogP contribution in [0.4, 0.5) is 5.69 Å². The first-order valence-electron chi connectivity index (χ1n) is 13.3. The number of benzene rings is 3. The quantitative estimate of drug-likeness (QED) is 0.142. The minimum atomic E-state index is -0.717. The lowest BCUT2D eigenvalue weighted by molar-refractivity contribution is -0.645. The molecule has 1 aromatic heterocycles. The second-order valence-corrected chi connectivity index (χ2v) is 11.1. The summed E-state index contributed by atoms with van der Waals surface area (Å²) in [4.78, 5) is 27.1. The number of hydrogen-bond donors (Lipinski definition) is 1. The predicted molar refractivity (Wildman–Crippen MR) is 153 cm³/mol. The zero-order valence-corrected chi connectivity index (χ0v) is 23.1. The smallest absolute Gasteiger partial charge is 0.266 e. The first-order chi connectivity index (χ1) is 19.9. The fourth-order valence-corrected chi connectivity index (χ4v) is 6.29. The molecule has 3 aromatic carbocycles. The number of rotatable bonds is 7. The molecule has 2 aliphatic rings. The summed E-state index contributed by atoms with van der Waals surface area (Å²) in [6, 6.07) is 26.8. The summed E-state index contributed by atoms with van der Waals surface area (Å²) in [6.45, 7) is 2.02. The Hall–Kier alpha value is -4.02. The van der Waals surface area contributed by atoms with Gasteiger partial charge in [0, 0.05) is 29.4 Å². The summed E-state index contributed by atoms with van der Waals surface area (Å²) in [5, 5.41) is 22.3. The third kappa shape index (κ3) is 5.25. The van der Waals surface area contributed by atoms with E-state index in [9.17, 15) is 19.9 Å². The number of thioether (sulfide) groups is 1. The molecule has 2 aliphatic heterocycles. The maximum Gasteiger partial charge on any atom is 0.266 e. The van der Waals surface area contributed by atoms with E-state index in [4.69, 9.17) is 9.47 Å². The number of nitrogens with zero attached hydrogens (tertiary/aromatic N) is 2. The number of fused-ring (bicyclic) bond motifs is 1. The molecule has 1 saturated heterocycles. The molecule has 2 amide bonds. The first kappa shape index (κ1) is 27.2. The molecule has 4 aromatic rings. The van der Waals surface area contributed by atoms with Gasteiger partial charge < -0.3 is 19.8 Å². The van der Waals surface area contributed by atoms with E-state index in [1.165, 1.54) is 22.9 Å². The maximum absolute atomic E-state index is 12.9. The molecule has 0 bridgehead atoms. The fourth-order valence-electron chi connectivity index (χ4n) is 5.21. The molecule has 0 radical (unpaired) electrons. The highest BCUT2D eigenvalue weighted by molar-refractivity contribution is 7.99. The van der Waals surface area contributed by atoms with Gasteiger partial charge in [-0.2, -0.15) is 4.73 Å². The van der Waals surface area contributed by atoms with Crippen LogP contribution in [0.3, 0.4) is 0 Å². The largest absolute Gasteiger partial charge is 0.618 e. The van der Waals surface area contributed by atoms with Crippen LogP contribution >= 0.6 is 11.8 Å². The number of anilines is 1. The SMILES string of the molecule is C[C@@H]1[C@H](CSc2cccc[n+]2[O-])O[C@H](c2ccc(N3C(=O)c4ccccc4C3=O)cc2)O[C@@H]1c1ccc(CO)cc1. The summed E-state index contributed by atoms with van der Waals surface area (Å²) in [5.74, 6) is -0.208. The van der Waals surface area contributed by atoms with Crippen molar-refractivity contribution in [1.82, 2.24) is 0 Å². The topological polar surface area (TPSA) is 103 Å². The Balaban J connectivity index is 1.26. The standard InChI is InChI=1S/C32H28N2O6S/c1-20-27(19-41-28-8-4-5-17-33(28)38)39-32(40-29(20)22-11-9-21(18-35)10-12-22)23-13-15-24(16-14-23)34-30(36)25-6-2-3-7-26(25)31(34)37/h2-17,20,27,29,32,35H,18-19H2,1H3/t20-,27+,29+,32+/m1/s1. The molecule has 9 heteroatoms. The van der Waals surface area contributed by atoms with Crippen molar-refractivity contribution in [3.8, 4) is 0 Å². The van der Waals surface area contributed by atoms with Gasteiger partial charge >= 0.3 is 0 Å². The van der Waals surface area contributed by atoms with E-state index in [0.29, 0.717) is 27.6 Å². The fraction of sp³-hybridized carbons (Fsp3) is 0.219. The number of aromatic nitrogens is 1. The Labute approximate surface area is 241 Å². The highest BCUT2D eigenvalue weighted by atomic mass is 32.2. The highest BCUT2D eigenvalue weighted by Crippen LogP contribution is 2.43. The maximum atomic E-state index is 12.9. The molecule has 6 rings (SSSR count). The Bertz CT molecular complexity index is 1540. The van der Waals surface area contributed by atoms with E-state index in [-0.39, 0.29) is 36.5 Å². The highest BCUT2D eigenvalue weighted by Gasteiger charge is 2.39. The Morgan fingerprint density at radius 2 is 1.49 bits per heavy atom. The van der Waals surface area contributed by atoms with Gasteiger partial charge in [-0.1, -0.05) is 67.2 Å². The minimum absolute atomic E-state index is 0.0415. The van der Waals surface area contributed by atoms with Gasteiger partial charge in [-0.3, -0.25) is 9.59 Å². The average molecular weight is 569 g/mol. The number of aliphatic hydroxyl groups excluding tert-OH is 1. The van der Waals surface area contributed by atoms with Crippen molar-refractivity contribution < 1.29 is 28.9 Å². The molecule has 0 aliphatic carbocycles. The number of carbonyl (C=O) groups is 2. The third-order valence-corrected chi connectivity index (χ3v) is 8.63. The van der Waals surface area contributed by atoms with Gasteiger partial charge in [-0.25, -0.2) is 4.90 Å². The zero-order valence-electron chi connectivity index (χ0n) is 22.3. The molecule has 41 heavy (non-hydrogen) atoms. The predicted octanol–water partition coefficient (Wildman–Crippen LogP) is 5.20. The van der Waals surface area contributed by atoms with Crippen LogP contribution in [0.15, 0.2) is 102 Å². The van der Waals surface area contributed by atoms with Crippen LogP contribution in [-0.2, 0) is 16.1 Å². The number of pyridine rings is 1. The van der Waals surface area contributed by atoms with E-state index in [0.717, 1.165) is 21.4 Å². The monoisotopic (exact) mass is 568 g/mol. The molecule has 4 atom stereocenters. The normalized spacial score (nSPS) is 22.1. The number of amides is 2. The van der Waals surface area contributed by atoms with E-state index >= 15 is 0 Å². The van der Waals surface area contributed by atoms with E-state index in [1.807, 2.05) is 30.3 Å². The molecule has 8 nitrogen and oxygen atoms in total. The second-order valence-electron chi connectivity index (χ2n) is 10.1. The van der Waals surface area contributed by atoms with E-state index in [1.54, 1.807) is 60.7 Å². The lowest BCUT2D eigenvalue weighted by Crippen LogP contribution is -2.39. The lowest BCUT2D eigenvalue weighted by Gasteiger charge is -2.41. The van der Waals surface area contributed by atoms with Crippen LogP contribution in [0.2, 0.25) is 0 Å². The van der Waals surface area contributed by atoms with Crippen LogP contribution in [-0.4, -0.2) is 28.8 Å². The molecular formula is C32H28N2O6S. The number of hydrogen-bond acceptors (Lipinski definition) is 7. The van der Waals surface area contributed by atoms with Gasteiger partial charge in [0.15, 0.2) is 12.5 Å².